The van der Waals surface area contributed by atoms with Crippen LogP contribution in [0, 0.1) is 5.92 Å². The molecule has 1 N–H and O–H groups in total. The largest absolute Gasteiger partial charge is 0.316 e. The van der Waals surface area contributed by atoms with Crippen molar-refractivity contribution in [3.63, 3.8) is 0 Å². The van der Waals surface area contributed by atoms with Gasteiger partial charge in [0.1, 0.15) is 0 Å². The Bertz CT molecular complexity index is 426. The topological polar surface area (TPSA) is 12.0 Å². The van der Waals surface area contributed by atoms with Crippen LogP contribution in [0.4, 0.5) is 0 Å². The van der Waals surface area contributed by atoms with Crippen LogP contribution in [0.15, 0.2) is 24.3 Å². The first-order valence-electron chi connectivity index (χ1n) is 8.25. The Hall–Kier alpha value is -0.820. The van der Waals surface area contributed by atoms with Crippen molar-refractivity contribution in [2.45, 2.75) is 64.7 Å². The normalized spacial score (nSPS) is 25.8. The van der Waals surface area contributed by atoms with E-state index in [2.05, 4.69) is 64.2 Å². The van der Waals surface area contributed by atoms with Gasteiger partial charge in [-0.2, -0.15) is 0 Å². The van der Waals surface area contributed by atoms with Gasteiger partial charge in [-0.3, -0.25) is 0 Å². The van der Waals surface area contributed by atoms with Crippen molar-refractivity contribution in [2.24, 2.45) is 5.92 Å². The lowest BCUT2D eigenvalue weighted by atomic mass is 9.84. The molecular formula is C19H31N. The number of hydrogen-bond acceptors (Lipinski definition) is 1. The molecule has 0 spiro atoms. The molecule has 0 aliphatic heterocycles. The van der Waals surface area contributed by atoms with Crippen molar-refractivity contribution in [1.82, 2.24) is 5.32 Å². The Morgan fingerprint density at radius 3 is 2.25 bits per heavy atom. The minimum absolute atomic E-state index is 0.250. The molecule has 1 aliphatic carbocycles. The van der Waals surface area contributed by atoms with Crippen LogP contribution in [-0.2, 0) is 10.8 Å². The minimum Gasteiger partial charge on any atom is -0.316 e. The smallest absolute Gasteiger partial charge is 0.0109 e. The molecule has 1 nitrogen and oxygen atoms in total. The van der Waals surface area contributed by atoms with Crippen LogP contribution in [0.1, 0.15) is 65.0 Å². The molecule has 0 amide bonds. The molecule has 2 rings (SSSR count). The Kier molecular flexibility index (Phi) is 4.59. The summed E-state index contributed by atoms with van der Waals surface area (Å²) in [5.41, 5.74) is 3.65. The van der Waals surface area contributed by atoms with Gasteiger partial charge in [0.25, 0.3) is 0 Å². The van der Waals surface area contributed by atoms with Crippen LogP contribution in [0.25, 0.3) is 0 Å². The summed E-state index contributed by atoms with van der Waals surface area (Å²) in [6, 6.07) is 9.43. The Balaban J connectivity index is 2.15. The monoisotopic (exact) mass is 273 g/mol. The fraction of sp³-hybridized carbons (Fsp3) is 0.684. The van der Waals surface area contributed by atoms with Gasteiger partial charge in [0.2, 0.25) is 0 Å². The molecule has 0 aromatic heterocycles. The van der Waals surface area contributed by atoms with Gasteiger partial charge in [0.15, 0.2) is 0 Å². The van der Waals surface area contributed by atoms with Crippen molar-refractivity contribution in [3.8, 4) is 0 Å². The fourth-order valence-electron chi connectivity index (χ4n) is 3.38. The Labute approximate surface area is 125 Å². The lowest BCUT2D eigenvalue weighted by Gasteiger charge is -2.22. The average molecular weight is 273 g/mol. The van der Waals surface area contributed by atoms with E-state index in [1.54, 1.807) is 5.56 Å². The summed E-state index contributed by atoms with van der Waals surface area (Å²) >= 11 is 0. The van der Waals surface area contributed by atoms with Crippen molar-refractivity contribution >= 4 is 0 Å². The molecule has 0 saturated heterocycles. The Morgan fingerprint density at radius 1 is 1.15 bits per heavy atom. The third-order valence-corrected chi connectivity index (χ3v) is 4.92. The molecule has 1 aliphatic rings. The number of hydrogen-bond donors (Lipinski definition) is 1. The van der Waals surface area contributed by atoms with Crippen LogP contribution >= 0.6 is 0 Å². The lowest BCUT2D eigenvalue weighted by molar-refractivity contribution is 0.522. The standard InChI is InChI=1S/C19H31N/c1-6-12-20-14-19(13-15(19)7-2)17-10-8-16(9-11-17)18(3,4)5/h8-11,15,20H,6-7,12-14H2,1-5H3. The highest BCUT2D eigenvalue weighted by Crippen LogP contribution is 2.55. The first-order chi connectivity index (χ1) is 9.44. The van der Waals surface area contributed by atoms with E-state index < -0.39 is 0 Å². The van der Waals surface area contributed by atoms with Gasteiger partial charge in [-0.15, -0.1) is 0 Å². The minimum atomic E-state index is 0.250. The van der Waals surface area contributed by atoms with E-state index in [-0.39, 0.29) is 5.41 Å². The maximum atomic E-state index is 3.65. The van der Waals surface area contributed by atoms with Gasteiger partial charge >= 0.3 is 0 Å². The second-order valence-corrected chi connectivity index (χ2v) is 7.47. The molecule has 2 atom stereocenters. The van der Waals surface area contributed by atoms with Crippen molar-refractivity contribution in [1.29, 1.82) is 0 Å². The van der Waals surface area contributed by atoms with Gasteiger partial charge in [0, 0.05) is 12.0 Å². The SMILES string of the molecule is CCCNCC1(c2ccc(C(C)(C)C)cc2)CC1CC. The van der Waals surface area contributed by atoms with E-state index in [0.29, 0.717) is 5.41 Å². The maximum Gasteiger partial charge on any atom is 0.0109 e. The summed E-state index contributed by atoms with van der Waals surface area (Å²) in [5, 5.41) is 3.65. The highest BCUT2D eigenvalue weighted by molar-refractivity contribution is 5.38. The molecule has 0 radical (unpaired) electrons. The highest BCUT2D eigenvalue weighted by Gasteiger charge is 2.53. The quantitative estimate of drug-likeness (QED) is 0.744. The van der Waals surface area contributed by atoms with Gasteiger partial charge in [-0.1, -0.05) is 65.3 Å². The van der Waals surface area contributed by atoms with Crippen LogP contribution in [0.2, 0.25) is 0 Å². The number of benzene rings is 1. The number of nitrogens with one attached hydrogen (secondary N) is 1. The fourth-order valence-corrected chi connectivity index (χ4v) is 3.38. The third kappa shape index (κ3) is 3.09. The summed E-state index contributed by atoms with van der Waals surface area (Å²) < 4.78 is 0. The zero-order chi connectivity index (χ0) is 14.8. The second kappa shape index (κ2) is 5.89. The average Bonchev–Trinajstić information content (AvgIpc) is 3.13. The van der Waals surface area contributed by atoms with Gasteiger partial charge in [0.05, 0.1) is 0 Å². The van der Waals surface area contributed by atoms with E-state index in [1.807, 2.05) is 0 Å². The zero-order valence-electron chi connectivity index (χ0n) is 13.9. The second-order valence-electron chi connectivity index (χ2n) is 7.47. The first kappa shape index (κ1) is 15.6. The van der Waals surface area contributed by atoms with Gasteiger partial charge < -0.3 is 5.32 Å². The van der Waals surface area contributed by atoms with Crippen molar-refractivity contribution in [3.05, 3.63) is 35.4 Å². The summed E-state index contributed by atoms with van der Waals surface area (Å²) in [5.74, 6) is 0.868. The summed E-state index contributed by atoms with van der Waals surface area (Å²) in [6.07, 6.45) is 3.87. The van der Waals surface area contributed by atoms with E-state index in [0.717, 1.165) is 19.0 Å². The molecule has 2 unspecified atom stereocenters. The van der Waals surface area contributed by atoms with Crippen molar-refractivity contribution in [2.75, 3.05) is 13.1 Å². The lowest BCUT2D eigenvalue weighted by Crippen LogP contribution is -2.29. The summed E-state index contributed by atoms with van der Waals surface area (Å²) in [6.45, 7) is 13.7. The van der Waals surface area contributed by atoms with Crippen molar-refractivity contribution < 1.29 is 0 Å². The van der Waals surface area contributed by atoms with E-state index in [1.165, 1.54) is 24.8 Å². The van der Waals surface area contributed by atoms with E-state index >= 15 is 0 Å². The molecular weight excluding hydrogens is 242 g/mol. The van der Waals surface area contributed by atoms with Crippen LogP contribution in [-0.4, -0.2) is 13.1 Å². The molecule has 1 saturated carbocycles. The molecule has 112 valence electrons. The molecule has 1 aromatic carbocycles. The van der Waals surface area contributed by atoms with E-state index in [4.69, 9.17) is 0 Å². The Morgan fingerprint density at radius 2 is 1.80 bits per heavy atom. The van der Waals surface area contributed by atoms with Crippen LogP contribution in [0.5, 0.6) is 0 Å². The van der Waals surface area contributed by atoms with Gasteiger partial charge in [-0.25, -0.2) is 0 Å². The first-order valence-corrected chi connectivity index (χ1v) is 8.25. The van der Waals surface area contributed by atoms with Crippen LogP contribution in [0.3, 0.4) is 0 Å². The summed E-state index contributed by atoms with van der Waals surface area (Å²) in [4.78, 5) is 0. The van der Waals surface area contributed by atoms with Gasteiger partial charge in [-0.05, 0) is 41.8 Å². The predicted octanol–water partition coefficient (Wildman–Crippen LogP) is 4.65. The molecule has 0 heterocycles. The molecule has 0 bridgehead atoms. The summed E-state index contributed by atoms with van der Waals surface area (Å²) in [7, 11) is 0. The molecule has 1 aromatic rings. The number of rotatable bonds is 6. The zero-order valence-corrected chi connectivity index (χ0v) is 13.9. The van der Waals surface area contributed by atoms with E-state index in [9.17, 15) is 0 Å². The maximum absolute atomic E-state index is 3.65. The molecule has 1 heteroatoms. The molecule has 20 heavy (non-hydrogen) atoms. The third-order valence-electron chi connectivity index (χ3n) is 4.92. The highest BCUT2D eigenvalue weighted by atomic mass is 14.9. The molecule has 1 fully saturated rings. The van der Waals surface area contributed by atoms with Crippen LogP contribution < -0.4 is 5.32 Å². The predicted molar refractivity (Wildman–Crippen MR) is 88.4 cm³/mol.